The van der Waals surface area contributed by atoms with Gasteiger partial charge in [-0.3, -0.25) is 0 Å². The molecule has 1 aromatic heterocycles. The van der Waals surface area contributed by atoms with E-state index in [1.54, 1.807) is 0 Å². The third kappa shape index (κ3) is 3.70. The molecule has 0 aromatic carbocycles. The highest BCUT2D eigenvalue weighted by Crippen LogP contribution is 2.19. The van der Waals surface area contributed by atoms with E-state index in [4.69, 9.17) is 16.3 Å². The molecule has 5 nitrogen and oxygen atoms in total. The average molecular weight is 271 g/mol. The molecule has 6 heteroatoms. The van der Waals surface area contributed by atoms with Gasteiger partial charge in [0, 0.05) is 13.1 Å². The summed E-state index contributed by atoms with van der Waals surface area (Å²) in [5, 5.41) is 0.194. The van der Waals surface area contributed by atoms with E-state index in [0.717, 1.165) is 13.1 Å². The van der Waals surface area contributed by atoms with E-state index in [1.807, 2.05) is 13.8 Å². The minimum atomic E-state index is 0.0282. The van der Waals surface area contributed by atoms with Crippen LogP contribution in [0.4, 0.5) is 5.95 Å². The summed E-state index contributed by atoms with van der Waals surface area (Å²) in [6.45, 7) is 5.82. The molecular weight excluding hydrogens is 252 g/mol. The van der Waals surface area contributed by atoms with Crippen LogP contribution in [0.15, 0.2) is 0 Å². The fourth-order valence-corrected chi connectivity index (χ4v) is 2.15. The average Bonchev–Trinajstić information content (AvgIpc) is 2.55. The van der Waals surface area contributed by atoms with Gasteiger partial charge >= 0.3 is 6.01 Å². The van der Waals surface area contributed by atoms with Gasteiger partial charge in [-0.05, 0) is 38.3 Å². The molecule has 1 aliphatic rings. The molecule has 1 saturated heterocycles. The summed E-state index contributed by atoms with van der Waals surface area (Å²) < 4.78 is 5.48. The van der Waals surface area contributed by atoms with Crippen LogP contribution in [-0.2, 0) is 0 Å². The Kier molecular flexibility index (Phi) is 4.58. The molecule has 0 aliphatic carbocycles. The number of aromatic nitrogens is 3. The number of anilines is 1. The maximum absolute atomic E-state index is 5.92. The van der Waals surface area contributed by atoms with Gasteiger partial charge in [0.2, 0.25) is 11.2 Å². The standard InChI is InChI=1S/C12H19ClN4O/c1-9(2)18-12-15-10(13)14-11(16-12)17-7-5-3-4-6-8-17/h9H,3-8H2,1-2H3. The lowest BCUT2D eigenvalue weighted by molar-refractivity contribution is 0.221. The SMILES string of the molecule is CC(C)Oc1nc(Cl)nc(N2CCCCCC2)n1. The summed E-state index contributed by atoms with van der Waals surface area (Å²) in [7, 11) is 0. The quantitative estimate of drug-likeness (QED) is 0.845. The van der Waals surface area contributed by atoms with Crippen LogP contribution >= 0.6 is 11.6 Å². The summed E-state index contributed by atoms with van der Waals surface area (Å²) in [5.41, 5.74) is 0. The number of halogens is 1. The van der Waals surface area contributed by atoms with Gasteiger partial charge in [0.05, 0.1) is 6.10 Å². The van der Waals surface area contributed by atoms with Crippen molar-refractivity contribution in [2.45, 2.75) is 45.6 Å². The molecule has 0 bridgehead atoms. The highest BCUT2D eigenvalue weighted by atomic mass is 35.5. The number of nitrogens with zero attached hydrogens (tertiary/aromatic N) is 4. The molecule has 1 aliphatic heterocycles. The van der Waals surface area contributed by atoms with Crippen molar-refractivity contribution in [2.24, 2.45) is 0 Å². The third-order valence-electron chi connectivity index (χ3n) is 2.81. The van der Waals surface area contributed by atoms with Crippen molar-refractivity contribution in [2.75, 3.05) is 18.0 Å². The highest BCUT2D eigenvalue weighted by molar-refractivity contribution is 6.28. The van der Waals surface area contributed by atoms with E-state index in [9.17, 15) is 0 Å². The number of rotatable bonds is 3. The van der Waals surface area contributed by atoms with Crippen molar-refractivity contribution < 1.29 is 4.74 Å². The maximum Gasteiger partial charge on any atom is 0.322 e. The highest BCUT2D eigenvalue weighted by Gasteiger charge is 2.15. The molecule has 100 valence electrons. The van der Waals surface area contributed by atoms with Crippen LogP contribution in [0.5, 0.6) is 6.01 Å². The summed E-state index contributed by atoms with van der Waals surface area (Å²) in [4.78, 5) is 14.7. The molecule has 0 spiro atoms. The van der Waals surface area contributed by atoms with Gasteiger partial charge in [-0.25, -0.2) is 0 Å². The van der Waals surface area contributed by atoms with E-state index in [2.05, 4.69) is 19.9 Å². The van der Waals surface area contributed by atoms with E-state index >= 15 is 0 Å². The van der Waals surface area contributed by atoms with E-state index in [1.165, 1.54) is 25.7 Å². The molecule has 0 saturated carbocycles. The van der Waals surface area contributed by atoms with Gasteiger partial charge in [-0.15, -0.1) is 0 Å². The second-order valence-electron chi connectivity index (χ2n) is 4.75. The van der Waals surface area contributed by atoms with Crippen molar-refractivity contribution >= 4 is 17.5 Å². The molecular formula is C12H19ClN4O. The Morgan fingerprint density at radius 3 is 2.33 bits per heavy atom. The molecule has 0 atom stereocenters. The summed E-state index contributed by atoms with van der Waals surface area (Å²) in [5.74, 6) is 0.632. The maximum atomic E-state index is 5.92. The number of hydrogen-bond acceptors (Lipinski definition) is 5. The van der Waals surface area contributed by atoms with Crippen LogP contribution < -0.4 is 9.64 Å². The monoisotopic (exact) mass is 270 g/mol. The van der Waals surface area contributed by atoms with E-state index in [0.29, 0.717) is 12.0 Å². The van der Waals surface area contributed by atoms with Crippen LogP contribution in [0.1, 0.15) is 39.5 Å². The lowest BCUT2D eigenvalue weighted by Gasteiger charge is -2.20. The zero-order valence-corrected chi connectivity index (χ0v) is 11.7. The number of hydrogen-bond donors (Lipinski definition) is 0. The van der Waals surface area contributed by atoms with Gasteiger partial charge in [-0.2, -0.15) is 15.0 Å². The Labute approximate surface area is 113 Å². The van der Waals surface area contributed by atoms with E-state index in [-0.39, 0.29) is 11.4 Å². The van der Waals surface area contributed by atoms with Crippen LogP contribution in [0.3, 0.4) is 0 Å². The lowest BCUT2D eigenvalue weighted by atomic mass is 10.2. The van der Waals surface area contributed by atoms with Gasteiger partial charge < -0.3 is 9.64 Å². The lowest BCUT2D eigenvalue weighted by Crippen LogP contribution is -2.26. The fourth-order valence-electron chi connectivity index (χ4n) is 2.00. The van der Waals surface area contributed by atoms with Gasteiger partial charge in [0.25, 0.3) is 0 Å². The second-order valence-corrected chi connectivity index (χ2v) is 5.09. The Bertz CT molecular complexity index is 392. The zero-order valence-electron chi connectivity index (χ0n) is 10.9. The van der Waals surface area contributed by atoms with Crippen molar-refractivity contribution in [3.05, 3.63) is 5.28 Å². The Hall–Kier alpha value is -1.10. The molecule has 0 radical (unpaired) electrons. The minimum Gasteiger partial charge on any atom is -0.461 e. The minimum absolute atomic E-state index is 0.0282. The fraction of sp³-hybridized carbons (Fsp3) is 0.750. The smallest absolute Gasteiger partial charge is 0.322 e. The molecule has 0 N–H and O–H groups in total. The van der Waals surface area contributed by atoms with Crippen LogP contribution in [0, 0.1) is 0 Å². The molecule has 2 heterocycles. The topological polar surface area (TPSA) is 51.1 Å². The van der Waals surface area contributed by atoms with Gasteiger partial charge in [0.1, 0.15) is 0 Å². The van der Waals surface area contributed by atoms with Crippen LogP contribution in [0.25, 0.3) is 0 Å². The molecule has 1 aromatic rings. The summed E-state index contributed by atoms with van der Waals surface area (Å²) in [6, 6.07) is 0.309. The predicted octanol–water partition coefficient (Wildman–Crippen LogP) is 2.69. The van der Waals surface area contributed by atoms with Crippen molar-refractivity contribution in [3.63, 3.8) is 0 Å². The first kappa shape index (κ1) is 13.3. The van der Waals surface area contributed by atoms with Crippen molar-refractivity contribution in [1.29, 1.82) is 0 Å². The normalized spacial score (nSPS) is 16.8. The largest absolute Gasteiger partial charge is 0.461 e. The predicted molar refractivity (Wildman–Crippen MR) is 71.3 cm³/mol. The first-order valence-electron chi connectivity index (χ1n) is 6.48. The Morgan fingerprint density at radius 1 is 1.06 bits per heavy atom. The van der Waals surface area contributed by atoms with Gasteiger partial charge in [0.15, 0.2) is 0 Å². The van der Waals surface area contributed by atoms with Crippen LogP contribution in [-0.4, -0.2) is 34.1 Å². The number of ether oxygens (including phenoxy) is 1. The molecule has 18 heavy (non-hydrogen) atoms. The van der Waals surface area contributed by atoms with Gasteiger partial charge in [-0.1, -0.05) is 12.8 Å². The molecule has 0 amide bonds. The summed E-state index contributed by atoms with van der Waals surface area (Å²) >= 11 is 5.92. The Balaban J connectivity index is 2.17. The summed E-state index contributed by atoms with van der Waals surface area (Å²) in [6.07, 6.45) is 4.91. The van der Waals surface area contributed by atoms with Crippen molar-refractivity contribution in [1.82, 2.24) is 15.0 Å². The third-order valence-corrected chi connectivity index (χ3v) is 2.97. The second kappa shape index (κ2) is 6.18. The molecule has 0 unspecified atom stereocenters. The first-order chi connectivity index (χ1) is 8.65. The Morgan fingerprint density at radius 2 is 1.72 bits per heavy atom. The molecule has 1 fully saturated rings. The van der Waals surface area contributed by atoms with Crippen molar-refractivity contribution in [3.8, 4) is 6.01 Å². The zero-order chi connectivity index (χ0) is 13.0. The van der Waals surface area contributed by atoms with Crippen LogP contribution in [0.2, 0.25) is 5.28 Å². The molecule has 2 rings (SSSR count). The first-order valence-corrected chi connectivity index (χ1v) is 6.86. The van der Waals surface area contributed by atoms with E-state index < -0.39 is 0 Å².